The first-order chi connectivity index (χ1) is 23.3. The number of carbonyl (C=O) groups excluding carboxylic acids is 2. The summed E-state index contributed by atoms with van der Waals surface area (Å²) >= 11 is 0. The molecule has 2 atom stereocenters. The summed E-state index contributed by atoms with van der Waals surface area (Å²) in [6, 6.07) is 17.0. The van der Waals surface area contributed by atoms with Crippen molar-refractivity contribution in [1.82, 2.24) is 9.80 Å². The Morgan fingerprint density at radius 3 is 1.21 bits per heavy atom. The largest absolute Gasteiger partial charge is 0.378 e. The van der Waals surface area contributed by atoms with Crippen molar-refractivity contribution < 1.29 is 9.59 Å². The molecule has 4 amide bonds. The molecule has 3 saturated carbocycles. The second-order valence-electron chi connectivity index (χ2n) is 15.2. The molecule has 8 heteroatoms. The lowest BCUT2D eigenvalue weighted by molar-refractivity contribution is 0.121. The van der Waals surface area contributed by atoms with E-state index in [1.54, 1.807) is 0 Å². The van der Waals surface area contributed by atoms with Crippen molar-refractivity contribution in [3.8, 4) is 0 Å². The molecule has 0 heterocycles. The van der Waals surface area contributed by atoms with Gasteiger partial charge in [-0.2, -0.15) is 0 Å². The average Bonchev–Trinajstić information content (AvgIpc) is 3.53. The normalized spacial score (nSPS) is 21.0. The van der Waals surface area contributed by atoms with E-state index >= 15 is 0 Å². The van der Waals surface area contributed by atoms with Gasteiger partial charge in [-0.15, -0.1) is 0 Å². The summed E-state index contributed by atoms with van der Waals surface area (Å²) in [5.74, 6) is 0.901. The predicted octanol–water partition coefficient (Wildman–Crippen LogP) is 9.44. The highest BCUT2D eigenvalue weighted by Crippen LogP contribution is 2.34. The molecule has 0 aromatic heterocycles. The average molecular weight is 659 g/mol. The van der Waals surface area contributed by atoms with Crippen LogP contribution >= 0.6 is 0 Å². The maximum atomic E-state index is 14.0. The van der Waals surface area contributed by atoms with Gasteiger partial charge in [-0.3, -0.25) is 0 Å². The molecule has 0 aliphatic heterocycles. The lowest BCUT2D eigenvalue weighted by Gasteiger charge is -2.40. The number of benzene rings is 2. The monoisotopic (exact) mass is 658 g/mol. The van der Waals surface area contributed by atoms with Crippen molar-refractivity contribution >= 4 is 34.8 Å². The van der Waals surface area contributed by atoms with Crippen LogP contribution in [0.15, 0.2) is 48.5 Å². The summed E-state index contributed by atoms with van der Waals surface area (Å²) < 4.78 is 0. The molecule has 48 heavy (non-hydrogen) atoms. The standard InChI is InChI=1S/C40H62N6O2/c1-43(2)35-24-20-33(21-25-35)41-39(47)45(37-16-9-5-6-10-17-37)29-31-14-13-15-32(28-31)30-46(38-18-11-7-8-12-19-38)40(48)42-34-22-26-36(27-23-34)44(3)4/h20-27,31-32,37-38H,5-19,28-30H2,1-4H3,(H,41,47)(H,42,48)/t31-,32+. The lowest BCUT2D eigenvalue weighted by Crippen LogP contribution is -2.48. The molecular weight excluding hydrogens is 596 g/mol. The SMILES string of the molecule is CN(C)c1ccc(NC(=O)N(C[C@@H]2CCC[C@H](CN(C(=O)Nc3ccc(N(C)C)cc3)C3CCCCCC3)C2)C2CCCCCC2)cc1. The van der Waals surface area contributed by atoms with Gasteiger partial charge in [0.1, 0.15) is 0 Å². The summed E-state index contributed by atoms with van der Waals surface area (Å²) in [5, 5.41) is 6.52. The second-order valence-corrected chi connectivity index (χ2v) is 15.2. The molecular formula is C40H62N6O2. The van der Waals surface area contributed by atoms with E-state index < -0.39 is 0 Å². The Morgan fingerprint density at radius 2 is 0.875 bits per heavy atom. The highest BCUT2D eigenvalue weighted by atomic mass is 16.2. The quantitative estimate of drug-likeness (QED) is 0.250. The highest BCUT2D eigenvalue weighted by Gasteiger charge is 2.33. The molecule has 264 valence electrons. The summed E-state index contributed by atoms with van der Waals surface area (Å²) in [6.07, 6.45) is 18.8. The zero-order valence-electron chi connectivity index (χ0n) is 30.3. The minimum absolute atomic E-state index is 0.0429. The van der Waals surface area contributed by atoms with Gasteiger partial charge in [-0.1, -0.05) is 57.8 Å². The van der Waals surface area contributed by atoms with Crippen LogP contribution in [0.1, 0.15) is 103 Å². The molecule has 3 aliphatic rings. The van der Waals surface area contributed by atoms with E-state index in [4.69, 9.17) is 0 Å². The molecule has 3 aliphatic carbocycles. The maximum Gasteiger partial charge on any atom is 0.322 e. The number of urea groups is 2. The molecule has 5 rings (SSSR count). The van der Waals surface area contributed by atoms with Crippen LogP contribution in [0.3, 0.4) is 0 Å². The van der Waals surface area contributed by atoms with Crippen molar-refractivity contribution in [2.24, 2.45) is 11.8 Å². The van der Waals surface area contributed by atoms with Gasteiger partial charge in [0.2, 0.25) is 0 Å². The molecule has 0 unspecified atom stereocenters. The third kappa shape index (κ3) is 10.3. The van der Waals surface area contributed by atoms with Crippen LogP contribution < -0.4 is 20.4 Å². The Hall–Kier alpha value is -3.42. The van der Waals surface area contributed by atoms with Crippen LogP contribution in [0.5, 0.6) is 0 Å². The molecule has 3 fully saturated rings. The van der Waals surface area contributed by atoms with Gasteiger partial charge in [0.25, 0.3) is 0 Å². The Bertz CT molecular complexity index is 1170. The number of hydrogen-bond donors (Lipinski definition) is 2. The predicted molar refractivity (Wildman–Crippen MR) is 201 cm³/mol. The fourth-order valence-corrected chi connectivity index (χ4v) is 8.30. The highest BCUT2D eigenvalue weighted by molar-refractivity contribution is 5.90. The van der Waals surface area contributed by atoms with Gasteiger partial charge < -0.3 is 30.2 Å². The van der Waals surface area contributed by atoms with Gasteiger partial charge in [0.05, 0.1) is 0 Å². The molecule has 2 aromatic rings. The summed E-state index contributed by atoms with van der Waals surface area (Å²) in [4.78, 5) is 36.5. The zero-order valence-corrected chi connectivity index (χ0v) is 30.3. The van der Waals surface area contributed by atoms with Gasteiger partial charge >= 0.3 is 12.1 Å². The van der Waals surface area contributed by atoms with Crippen LogP contribution in [-0.4, -0.2) is 75.2 Å². The zero-order chi connectivity index (χ0) is 33.9. The first-order valence-corrected chi connectivity index (χ1v) is 19.0. The smallest absolute Gasteiger partial charge is 0.322 e. The van der Waals surface area contributed by atoms with Gasteiger partial charge in [0.15, 0.2) is 0 Å². The van der Waals surface area contributed by atoms with E-state index in [0.717, 1.165) is 87.2 Å². The van der Waals surface area contributed by atoms with E-state index in [9.17, 15) is 9.59 Å². The van der Waals surface area contributed by atoms with E-state index in [0.29, 0.717) is 23.9 Å². The van der Waals surface area contributed by atoms with Crippen LogP contribution in [-0.2, 0) is 0 Å². The summed E-state index contributed by atoms with van der Waals surface area (Å²) in [7, 11) is 8.13. The van der Waals surface area contributed by atoms with Crippen molar-refractivity contribution in [2.75, 3.05) is 61.7 Å². The molecule has 2 aromatic carbocycles. The third-order valence-corrected chi connectivity index (χ3v) is 11.1. The Kier molecular flexibility index (Phi) is 13.3. The maximum absolute atomic E-state index is 14.0. The van der Waals surface area contributed by atoms with Crippen molar-refractivity contribution in [1.29, 1.82) is 0 Å². The van der Waals surface area contributed by atoms with Crippen LogP contribution in [0.4, 0.5) is 32.3 Å². The fourth-order valence-electron chi connectivity index (χ4n) is 8.30. The van der Waals surface area contributed by atoms with Gasteiger partial charge in [-0.25, -0.2) is 9.59 Å². The lowest BCUT2D eigenvalue weighted by atomic mass is 9.80. The Labute approximate surface area is 290 Å². The number of nitrogens with zero attached hydrogens (tertiary/aromatic N) is 4. The van der Waals surface area contributed by atoms with Crippen LogP contribution in [0.2, 0.25) is 0 Å². The number of amides is 4. The Balaban J connectivity index is 1.27. The van der Waals surface area contributed by atoms with E-state index in [1.165, 1.54) is 51.4 Å². The topological polar surface area (TPSA) is 71.2 Å². The first-order valence-electron chi connectivity index (χ1n) is 19.0. The van der Waals surface area contributed by atoms with E-state index in [-0.39, 0.29) is 12.1 Å². The van der Waals surface area contributed by atoms with Crippen LogP contribution in [0.25, 0.3) is 0 Å². The number of carbonyl (C=O) groups is 2. The number of hydrogen-bond acceptors (Lipinski definition) is 4. The van der Waals surface area contributed by atoms with Gasteiger partial charge in [-0.05, 0) is 105 Å². The fraction of sp³-hybridized carbons (Fsp3) is 0.650. The molecule has 0 saturated heterocycles. The molecule has 0 bridgehead atoms. The van der Waals surface area contributed by atoms with Gasteiger partial charge in [0, 0.05) is 76.1 Å². The van der Waals surface area contributed by atoms with Crippen molar-refractivity contribution in [3.05, 3.63) is 48.5 Å². The summed E-state index contributed by atoms with van der Waals surface area (Å²) in [5.41, 5.74) is 3.95. The second kappa shape index (κ2) is 17.8. The number of nitrogens with one attached hydrogen (secondary N) is 2. The van der Waals surface area contributed by atoms with Crippen molar-refractivity contribution in [2.45, 2.75) is 115 Å². The third-order valence-electron chi connectivity index (χ3n) is 11.1. The van der Waals surface area contributed by atoms with Crippen molar-refractivity contribution in [3.63, 3.8) is 0 Å². The van der Waals surface area contributed by atoms with E-state index in [1.807, 2.05) is 52.5 Å². The Morgan fingerprint density at radius 1 is 0.521 bits per heavy atom. The molecule has 8 nitrogen and oxygen atoms in total. The van der Waals surface area contributed by atoms with E-state index in [2.05, 4.69) is 54.5 Å². The minimum Gasteiger partial charge on any atom is -0.378 e. The molecule has 0 spiro atoms. The van der Waals surface area contributed by atoms with Crippen LogP contribution in [0, 0.1) is 11.8 Å². The molecule has 2 N–H and O–H groups in total. The first kappa shape index (κ1) is 35.9. The minimum atomic E-state index is 0.0429. The number of anilines is 4. The summed E-state index contributed by atoms with van der Waals surface area (Å²) in [6.45, 7) is 1.60. The molecule has 0 radical (unpaired) electrons. The number of rotatable bonds is 10.